The van der Waals surface area contributed by atoms with Gasteiger partial charge in [0, 0.05) is 30.9 Å². The van der Waals surface area contributed by atoms with Crippen LogP contribution in [0.4, 0.5) is 5.69 Å². The second-order valence-electron chi connectivity index (χ2n) is 6.95. The summed E-state index contributed by atoms with van der Waals surface area (Å²) in [7, 11) is 4.07. The monoisotopic (exact) mass is 366 g/mol. The SMILES string of the molecule is CN(C)c1ccc(-c2cc(-c3ccccc3)nc(-c3ccccc3O)c2)cc1. The highest BCUT2D eigenvalue weighted by atomic mass is 16.3. The van der Waals surface area contributed by atoms with E-state index in [1.165, 1.54) is 0 Å². The van der Waals surface area contributed by atoms with Crippen LogP contribution in [0.25, 0.3) is 33.6 Å². The third-order valence-electron chi connectivity index (χ3n) is 4.79. The molecular weight excluding hydrogens is 344 g/mol. The van der Waals surface area contributed by atoms with Crippen LogP contribution in [-0.2, 0) is 0 Å². The predicted molar refractivity (Wildman–Crippen MR) is 117 cm³/mol. The van der Waals surface area contributed by atoms with E-state index in [4.69, 9.17) is 4.98 Å². The lowest BCUT2D eigenvalue weighted by Gasteiger charge is -2.14. The van der Waals surface area contributed by atoms with Gasteiger partial charge in [-0.1, -0.05) is 54.6 Å². The number of phenols is 1. The fraction of sp³-hybridized carbons (Fsp3) is 0.0800. The first-order valence-electron chi connectivity index (χ1n) is 9.25. The Labute approximate surface area is 165 Å². The van der Waals surface area contributed by atoms with Crippen LogP contribution in [0.5, 0.6) is 5.75 Å². The Morgan fingerprint density at radius 2 is 1.29 bits per heavy atom. The minimum Gasteiger partial charge on any atom is -0.507 e. The molecule has 1 aromatic heterocycles. The summed E-state index contributed by atoms with van der Waals surface area (Å²) in [4.78, 5) is 6.92. The molecule has 0 spiro atoms. The molecule has 0 saturated carbocycles. The predicted octanol–water partition coefficient (Wildman–Crippen LogP) is 5.85. The third kappa shape index (κ3) is 3.60. The zero-order chi connectivity index (χ0) is 19.5. The van der Waals surface area contributed by atoms with Gasteiger partial charge in [-0.3, -0.25) is 0 Å². The van der Waals surface area contributed by atoms with Crippen molar-refractivity contribution in [1.29, 1.82) is 0 Å². The summed E-state index contributed by atoms with van der Waals surface area (Å²) in [5.74, 6) is 0.231. The molecule has 1 heterocycles. The van der Waals surface area contributed by atoms with Gasteiger partial charge >= 0.3 is 0 Å². The molecule has 1 N–H and O–H groups in total. The summed E-state index contributed by atoms with van der Waals surface area (Å²) in [6.45, 7) is 0. The Kier molecular flexibility index (Phi) is 4.81. The second kappa shape index (κ2) is 7.57. The molecule has 3 heteroatoms. The normalized spacial score (nSPS) is 10.6. The molecule has 3 aromatic carbocycles. The number of hydrogen-bond donors (Lipinski definition) is 1. The van der Waals surface area contributed by atoms with E-state index in [1.807, 2.05) is 56.6 Å². The van der Waals surface area contributed by atoms with Gasteiger partial charge in [-0.15, -0.1) is 0 Å². The molecule has 3 nitrogen and oxygen atoms in total. The van der Waals surface area contributed by atoms with Gasteiger partial charge in [0.05, 0.1) is 11.4 Å². The molecular formula is C25H22N2O. The number of pyridine rings is 1. The van der Waals surface area contributed by atoms with Crippen LogP contribution in [0.3, 0.4) is 0 Å². The number of benzene rings is 3. The molecule has 0 fully saturated rings. The van der Waals surface area contributed by atoms with Gasteiger partial charge in [0.1, 0.15) is 5.75 Å². The molecule has 0 atom stereocenters. The maximum absolute atomic E-state index is 10.3. The molecule has 28 heavy (non-hydrogen) atoms. The lowest BCUT2D eigenvalue weighted by Crippen LogP contribution is -2.07. The largest absolute Gasteiger partial charge is 0.507 e. The standard InChI is InChI=1S/C25H22N2O/c1-27(2)21-14-12-18(13-15-21)20-16-23(19-8-4-3-5-9-19)26-24(17-20)22-10-6-7-11-25(22)28/h3-17,28H,1-2H3. The summed E-state index contributed by atoms with van der Waals surface area (Å²) in [5, 5.41) is 10.3. The highest BCUT2D eigenvalue weighted by Crippen LogP contribution is 2.34. The van der Waals surface area contributed by atoms with E-state index in [2.05, 4.69) is 47.4 Å². The van der Waals surface area contributed by atoms with Crippen LogP contribution >= 0.6 is 0 Å². The van der Waals surface area contributed by atoms with E-state index in [0.717, 1.165) is 39.3 Å². The highest BCUT2D eigenvalue weighted by molar-refractivity contribution is 5.78. The summed E-state index contributed by atoms with van der Waals surface area (Å²) in [6.07, 6.45) is 0. The average Bonchev–Trinajstić information content (AvgIpc) is 2.74. The van der Waals surface area contributed by atoms with E-state index >= 15 is 0 Å². The Balaban J connectivity index is 1.88. The van der Waals surface area contributed by atoms with Gasteiger partial charge in [-0.05, 0) is 47.5 Å². The molecule has 0 aliphatic rings. The van der Waals surface area contributed by atoms with E-state index < -0.39 is 0 Å². The Morgan fingerprint density at radius 1 is 0.643 bits per heavy atom. The maximum Gasteiger partial charge on any atom is 0.124 e. The van der Waals surface area contributed by atoms with Crippen LogP contribution in [0.15, 0.2) is 91.0 Å². The van der Waals surface area contributed by atoms with Crippen molar-refractivity contribution >= 4 is 5.69 Å². The van der Waals surface area contributed by atoms with Crippen molar-refractivity contribution in [2.45, 2.75) is 0 Å². The van der Waals surface area contributed by atoms with Gasteiger partial charge in [0.15, 0.2) is 0 Å². The number of para-hydroxylation sites is 1. The molecule has 4 rings (SSSR count). The smallest absolute Gasteiger partial charge is 0.124 e. The average molecular weight is 366 g/mol. The number of aromatic nitrogens is 1. The lowest BCUT2D eigenvalue weighted by molar-refractivity contribution is 0.477. The second-order valence-corrected chi connectivity index (χ2v) is 6.95. The first-order chi connectivity index (χ1) is 13.6. The third-order valence-corrected chi connectivity index (χ3v) is 4.79. The van der Waals surface area contributed by atoms with Crippen LogP contribution < -0.4 is 4.90 Å². The van der Waals surface area contributed by atoms with Crippen molar-refractivity contribution in [2.75, 3.05) is 19.0 Å². The Hall–Kier alpha value is -3.59. The summed E-state index contributed by atoms with van der Waals surface area (Å²) >= 11 is 0. The summed E-state index contributed by atoms with van der Waals surface area (Å²) in [6, 6.07) is 30.0. The molecule has 138 valence electrons. The Morgan fingerprint density at radius 3 is 1.96 bits per heavy atom. The Bertz CT molecular complexity index is 1090. The summed E-state index contributed by atoms with van der Waals surface area (Å²) < 4.78 is 0. The minimum absolute atomic E-state index is 0.231. The van der Waals surface area contributed by atoms with Gasteiger partial charge in [-0.25, -0.2) is 4.98 Å². The van der Waals surface area contributed by atoms with Gasteiger partial charge in [0.2, 0.25) is 0 Å². The zero-order valence-electron chi connectivity index (χ0n) is 16.0. The number of rotatable bonds is 4. The van der Waals surface area contributed by atoms with Crippen molar-refractivity contribution in [2.24, 2.45) is 0 Å². The number of phenolic OH excluding ortho intramolecular Hbond substituents is 1. The van der Waals surface area contributed by atoms with Crippen molar-refractivity contribution in [3.8, 4) is 39.4 Å². The van der Waals surface area contributed by atoms with E-state index in [0.29, 0.717) is 0 Å². The fourth-order valence-electron chi connectivity index (χ4n) is 3.23. The molecule has 0 amide bonds. The van der Waals surface area contributed by atoms with E-state index in [9.17, 15) is 5.11 Å². The van der Waals surface area contributed by atoms with Crippen LogP contribution in [0, 0.1) is 0 Å². The van der Waals surface area contributed by atoms with Gasteiger partial charge < -0.3 is 10.0 Å². The summed E-state index contributed by atoms with van der Waals surface area (Å²) in [5.41, 5.74) is 6.75. The molecule has 0 aliphatic heterocycles. The van der Waals surface area contributed by atoms with Crippen molar-refractivity contribution in [1.82, 2.24) is 4.98 Å². The fourth-order valence-corrected chi connectivity index (χ4v) is 3.23. The molecule has 0 unspecified atom stereocenters. The van der Waals surface area contributed by atoms with Gasteiger partial charge in [-0.2, -0.15) is 0 Å². The number of hydrogen-bond acceptors (Lipinski definition) is 3. The number of anilines is 1. The zero-order valence-corrected chi connectivity index (χ0v) is 16.0. The highest BCUT2D eigenvalue weighted by Gasteiger charge is 2.11. The number of aromatic hydroxyl groups is 1. The van der Waals surface area contributed by atoms with Crippen molar-refractivity contribution in [3.63, 3.8) is 0 Å². The molecule has 0 bridgehead atoms. The van der Waals surface area contributed by atoms with E-state index in [1.54, 1.807) is 6.07 Å². The molecule has 4 aromatic rings. The van der Waals surface area contributed by atoms with Crippen molar-refractivity contribution < 1.29 is 5.11 Å². The van der Waals surface area contributed by atoms with Crippen LogP contribution in [0.1, 0.15) is 0 Å². The maximum atomic E-state index is 10.3. The first-order valence-corrected chi connectivity index (χ1v) is 9.25. The number of nitrogens with zero attached hydrogens (tertiary/aromatic N) is 2. The topological polar surface area (TPSA) is 36.4 Å². The first kappa shape index (κ1) is 17.8. The van der Waals surface area contributed by atoms with Crippen molar-refractivity contribution in [3.05, 3.63) is 91.0 Å². The lowest BCUT2D eigenvalue weighted by atomic mass is 9.99. The van der Waals surface area contributed by atoms with Crippen LogP contribution in [0.2, 0.25) is 0 Å². The minimum atomic E-state index is 0.231. The van der Waals surface area contributed by atoms with Gasteiger partial charge in [0.25, 0.3) is 0 Å². The van der Waals surface area contributed by atoms with Crippen LogP contribution in [-0.4, -0.2) is 24.2 Å². The quantitative estimate of drug-likeness (QED) is 0.492. The molecule has 0 radical (unpaired) electrons. The van der Waals surface area contributed by atoms with E-state index in [-0.39, 0.29) is 5.75 Å². The molecule has 0 aliphatic carbocycles. The molecule has 0 saturated heterocycles.